The molecule has 0 radical (unpaired) electrons. The van der Waals surface area contributed by atoms with Crippen molar-refractivity contribution in [2.45, 2.75) is 30.5 Å². The van der Waals surface area contributed by atoms with E-state index in [0.29, 0.717) is 0 Å². The summed E-state index contributed by atoms with van der Waals surface area (Å²) in [5, 5.41) is 46.5. The predicted octanol–water partition coefficient (Wildman–Crippen LogP) is -3.40. The molecule has 9 nitrogen and oxygen atoms in total. The Morgan fingerprint density at radius 1 is 1.21 bits per heavy atom. The van der Waals surface area contributed by atoms with E-state index in [-0.39, 0.29) is 13.0 Å². The van der Waals surface area contributed by atoms with Crippen molar-refractivity contribution >= 4 is 10.1 Å². The molecule has 0 aromatic heterocycles. The maximum atomic E-state index is 10.7. The molecule has 19 heavy (non-hydrogen) atoms. The number of aliphatic hydroxyl groups is 5. The van der Waals surface area contributed by atoms with Crippen LogP contribution in [0, 0.1) is 0 Å². The van der Waals surface area contributed by atoms with Gasteiger partial charge in [-0.2, -0.15) is 0 Å². The van der Waals surface area contributed by atoms with Crippen LogP contribution in [0.4, 0.5) is 0 Å². The molecule has 0 rings (SSSR count). The zero-order valence-electron chi connectivity index (χ0n) is 10.5. The van der Waals surface area contributed by atoms with E-state index in [1.165, 1.54) is 0 Å². The summed E-state index contributed by atoms with van der Waals surface area (Å²) in [6.45, 7) is -0.667. The van der Waals surface area contributed by atoms with Crippen LogP contribution in [-0.2, 0) is 10.1 Å². The van der Waals surface area contributed by atoms with Crippen LogP contribution in [-0.4, -0.2) is 87.0 Å². The second-order valence-corrected chi connectivity index (χ2v) is 5.58. The van der Waals surface area contributed by atoms with Crippen LogP contribution >= 0.6 is 0 Å². The van der Waals surface area contributed by atoms with Crippen LogP contribution in [0.3, 0.4) is 0 Å². The molecule has 0 saturated carbocycles. The van der Waals surface area contributed by atoms with Crippen molar-refractivity contribution < 1.29 is 38.5 Å². The van der Waals surface area contributed by atoms with Gasteiger partial charge in [-0.1, -0.05) is 6.92 Å². The second kappa shape index (κ2) is 7.45. The average Bonchev–Trinajstić information content (AvgIpc) is 2.37. The Morgan fingerprint density at radius 3 is 1.95 bits per heavy atom. The lowest BCUT2D eigenvalue weighted by Gasteiger charge is -2.44. The zero-order valence-corrected chi connectivity index (χ0v) is 11.3. The fourth-order valence-electron chi connectivity index (χ4n) is 1.72. The highest BCUT2D eigenvalue weighted by molar-refractivity contribution is 7.86. The Kier molecular flexibility index (Phi) is 7.32. The molecule has 10 heteroatoms. The summed E-state index contributed by atoms with van der Waals surface area (Å²) < 4.78 is 32.1. The van der Waals surface area contributed by atoms with Gasteiger partial charge in [-0.3, -0.25) is 4.90 Å². The summed E-state index contributed by atoms with van der Waals surface area (Å²) in [4.78, 5) is 0.799. The van der Waals surface area contributed by atoms with Crippen LogP contribution in [0.1, 0.15) is 13.3 Å². The van der Waals surface area contributed by atoms with E-state index in [9.17, 15) is 33.4 Å². The Bertz CT molecular complexity index is 347. The molecule has 0 spiro atoms. The van der Waals surface area contributed by atoms with Gasteiger partial charge in [-0.15, -0.1) is 0 Å². The molecule has 0 fully saturated rings. The lowest BCUT2D eigenvalue weighted by atomic mass is 9.95. The quantitative estimate of drug-likeness (QED) is 0.216. The first kappa shape index (κ1) is 18.7. The van der Waals surface area contributed by atoms with Crippen LogP contribution < -0.4 is 0 Å². The summed E-state index contributed by atoms with van der Waals surface area (Å²) in [6, 6.07) is 0. The van der Waals surface area contributed by atoms with Crippen molar-refractivity contribution in [3.63, 3.8) is 0 Å². The van der Waals surface area contributed by atoms with Crippen molar-refractivity contribution in [2.75, 3.05) is 26.4 Å². The maximum Gasteiger partial charge on any atom is 0.183 e. The third-order valence-corrected chi connectivity index (χ3v) is 3.90. The van der Waals surface area contributed by atoms with Gasteiger partial charge >= 0.3 is 0 Å². The molecule has 0 aliphatic rings. The van der Waals surface area contributed by atoms with Crippen molar-refractivity contribution in [2.24, 2.45) is 0 Å². The van der Waals surface area contributed by atoms with Crippen LogP contribution in [0.25, 0.3) is 0 Å². The van der Waals surface area contributed by atoms with Gasteiger partial charge in [0.05, 0.1) is 25.4 Å². The molecular formula is C9H20NO8S-. The highest BCUT2D eigenvalue weighted by Crippen LogP contribution is 2.23. The summed E-state index contributed by atoms with van der Waals surface area (Å²) >= 11 is 0. The maximum absolute atomic E-state index is 10.7. The number of hydrogen-bond acceptors (Lipinski definition) is 9. The highest BCUT2D eigenvalue weighted by atomic mass is 32.2. The van der Waals surface area contributed by atoms with E-state index < -0.39 is 47.1 Å². The molecule has 2 atom stereocenters. The van der Waals surface area contributed by atoms with E-state index in [1.807, 2.05) is 0 Å². The van der Waals surface area contributed by atoms with Gasteiger partial charge in [0.1, 0.15) is 16.3 Å². The van der Waals surface area contributed by atoms with Gasteiger partial charge in [0.2, 0.25) is 0 Å². The standard InChI is InChI=1S/C9H21NO8S/c1-2-9(5-12,6-13)10(3-4-11)7(14)8(15)19(16,17)18/h7-8,11-15H,2-6H2,1H3,(H,16,17,18)/p-1. The van der Waals surface area contributed by atoms with Gasteiger partial charge in [0, 0.05) is 6.54 Å². The molecule has 5 N–H and O–H groups in total. The summed E-state index contributed by atoms with van der Waals surface area (Å²) in [6.07, 6.45) is -2.09. The third-order valence-electron chi connectivity index (χ3n) is 3.07. The lowest BCUT2D eigenvalue weighted by Crippen LogP contribution is -2.62. The largest absolute Gasteiger partial charge is 0.746 e. The monoisotopic (exact) mass is 302 g/mol. The Hall–Kier alpha value is -0.330. The molecule has 116 valence electrons. The molecule has 0 saturated heterocycles. The molecule has 0 aromatic carbocycles. The van der Waals surface area contributed by atoms with Crippen molar-refractivity contribution in [1.29, 1.82) is 0 Å². The number of nitrogens with zero attached hydrogens (tertiary/aromatic N) is 1. The smallest absolute Gasteiger partial charge is 0.183 e. The summed E-state index contributed by atoms with van der Waals surface area (Å²) in [7, 11) is -5.18. The van der Waals surface area contributed by atoms with E-state index in [2.05, 4.69) is 0 Å². The van der Waals surface area contributed by atoms with Crippen molar-refractivity contribution in [3.05, 3.63) is 0 Å². The highest BCUT2D eigenvalue weighted by Gasteiger charge is 2.41. The number of hydrogen-bond donors (Lipinski definition) is 5. The fraction of sp³-hybridized carbons (Fsp3) is 1.00. The van der Waals surface area contributed by atoms with E-state index in [0.717, 1.165) is 4.90 Å². The van der Waals surface area contributed by atoms with E-state index in [1.54, 1.807) is 6.92 Å². The Morgan fingerprint density at radius 2 is 1.68 bits per heavy atom. The minimum Gasteiger partial charge on any atom is -0.746 e. The molecule has 0 aliphatic carbocycles. The first-order valence-corrected chi connectivity index (χ1v) is 7.07. The minimum atomic E-state index is -5.18. The lowest BCUT2D eigenvalue weighted by molar-refractivity contribution is -0.139. The van der Waals surface area contributed by atoms with Gasteiger partial charge in [-0.25, -0.2) is 8.42 Å². The minimum absolute atomic E-state index is 0.0860. The van der Waals surface area contributed by atoms with Crippen molar-refractivity contribution in [3.8, 4) is 0 Å². The van der Waals surface area contributed by atoms with Gasteiger partial charge in [0.15, 0.2) is 5.44 Å². The number of rotatable bonds is 9. The molecule has 0 heterocycles. The second-order valence-electron chi connectivity index (χ2n) is 4.11. The van der Waals surface area contributed by atoms with E-state index >= 15 is 0 Å². The fourth-order valence-corrected chi connectivity index (χ4v) is 2.16. The molecule has 2 unspecified atom stereocenters. The summed E-state index contributed by atoms with van der Waals surface area (Å²) in [5.41, 5.74) is -4.11. The van der Waals surface area contributed by atoms with Crippen LogP contribution in [0.5, 0.6) is 0 Å². The Balaban J connectivity index is 5.41. The number of β-amino-alcohol motifs (C(OH)–C–C–N with tert-alkyl or cyclic N) is 1. The first-order chi connectivity index (χ1) is 8.70. The molecule has 0 aliphatic heterocycles. The molecule has 0 amide bonds. The van der Waals surface area contributed by atoms with Crippen LogP contribution in [0.15, 0.2) is 0 Å². The van der Waals surface area contributed by atoms with Gasteiger partial charge in [0.25, 0.3) is 0 Å². The molecule has 0 aromatic rings. The topological polar surface area (TPSA) is 162 Å². The Labute approximate surface area is 111 Å². The third kappa shape index (κ3) is 4.33. The first-order valence-electron chi connectivity index (χ1n) is 5.60. The van der Waals surface area contributed by atoms with Crippen molar-refractivity contribution in [1.82, 2.24) is 4.90 Å². The van der Waals surface area contributed by atoms with Gasteiger partial charge < -0.3 is 30.1 Å². The summed E-state index contributed by atoms with van der Waals surface area (Å²) in [5.74, 6) is 0. The predicted molar refractivity (Wildman–Crippen MR) is 62.7 cm³/mol. The van der Waals surface area contributed by atoms with Crippen LogP contribution in [0.2, 0.25) is 0 Å². The SMILES string of the molecule is CCC(CO)(CO)N(CCO)C(O)C(O)S(=O)(=O)[O-]. The zero-order chi connectivity index (χ0) is 15.3. The normalized spacial score (nSPS) is 16.6. The van der Waals surface area contributed by atoms with E-state index in [4.69, 9.17) is 5.11 Å². The van der Waals surface area contributed by atoms with Gasteiger partial charge in [-0.05, 0) is 6.42 Å². The number of aliphatic hydroxyl groups excluding tert-OH is 5. The molecule has 0 bridgehead atoms. The molecular weight excluding hydrogens is 282 g/mol. The average molecular weight is 302 g/mol.